The van der Waals surface area contributed by atoms with Crippen LogP contribution in [-0.2, 0) is 37.9 Å². The summed E-state index contributed by atoms with van der Waals surface area (Å²) in [5.41, 5.74) is 0. The number of alkyl halides is 4. The molecule has 0 spiro atoms. The van der Waals surface area contributed by atoms with Gasteiger partial charge >= 0.3 is 29.6 Å². The Morgan fingerprint density at radius 1 is 0.632 bits per heavy atom. The first kappa shape index (κ1) is 43.6. The van der Waals surface area contributed by atoms with Gasteiger partial charge in [0.05, 0.1) is 52.9 Å². The summed E-state index contributed by atoms with van der Waals surface area (Å²) in [4.78, 5) is 0. The van der Waals surface area contributed by atoms with Crippen LogP contribution in [0.15, 0.2) is 0 Å². The summed E-state index contributed by atoms with van der Waals surface area (Å²) in [5.74, 6) is 0.963. The van der Waals surface area contributed by atoms with Crippen LogP contribution in [0.4, 0.5) is 0 Å². The number of hydrogen-bond donors (Lipinski definition) is 0. The first-order chi connectivity index (χ1) is 17.7. The van der Waals surface area contributed by atoms with Gasteiger partial charge in [-0.2, -0.15) is 0 Å². The molecule has 2 aliphatic rings. The van der Waals surface area contributed by atoms with Gasteiger partial charge in [0, 0.05) is 33.8 Å². The van der Waals surface area contributed by atoms with Crippen molar-refractivity contribution in [3.63, 3.8) is 0 Å². The van der Waals surface area contributed by atoms with Crippen molar-refractivity contribution in [1.29, 1.82) is 0 Å². The molecule has 0 aliphatic carbocycles. The molecule has 2 atom stereocenters. The van der Waals surface area contributed by atoms with E-state index in [0.717, 1.165) is 67.4 Å². The third kappa shape index (κ3) is 25.9. The van der Waals surface area contributed by atoms with Crippen molar-refractivity contribution in [3.05, 3.63) is 0 Å². The van der Waals surface area contributed by atoms with Crippen LogP contribution in [0.25, 0.3) is 0 Å². The van der Waals surface area contributed by atoms with Gasteiger partial charge in [-0.1, -0.05) is 45.2 Å². The number of hydrogen-bond acceptors (Lipinski definition) is 8. The van der Waals surface area contributed by atoms with E-state index in [1.165, 1.54) is 6.42 Å². The van der Waals surface area contributed by atoms with E-state index in [0.29, 0.717) is 51.4 Å². The molecule has 0 saturated carbocycles. The van der Waals surface area contributed by atoms with E-state index in [1.54, 1.807) is 0 Å². The Kier molecular flexibility index (Phi) is 38.2. The predicted octanol–water partition coefficient (Wildman–Crippen LogP) is -0.782. The molecule has 2 aliphatic heterocycles. The molecule has 2 fully saturated rings. The maximum atomic E-state index is 5.91. The van der Waals surface area contributed by atoms with Gasteiger partial charge in [-0.15, -0.1) is 23.2 Å². The molecule has 0 aromatic carbocycles. The van der Waals surface area contributed by atoms with Gasteiger partial charge in [0.15, 0.2) is 12.6 Å². The van der Waals surface area contributed by atoms with E-state index in [9.17, 15) is 0 Å². The third-order valence-corrected chi connectivity index (χ3v) is 6.25. The molecule has 38 heavy (non-hydrogen) atoms. The van der Waals surface area contributed by atoms with Crippen LogP contribution in [0, 0.1) is 0 Å². The fraction of sp³-hybridized carbons (Fsp3) is 1.00. The molecule has 0 aromatic heterocycles. The number of rotatable bonds is 20. The Morgan fingerprint density at radius 3 is 1.29 bits per heavy atom. The van der Waals surface area contributed by atoms with Crippen molar-refractivity contribution in [2.24, 2.45) is 0 Å². The van der Waals surface area contributed by atoms with Gasteiger partial charge in [0.1, 0.15) is 12.2 Å². The van der Waals surface area contributed by atoms with E-state index >= 15 is 0 Å². The smallest absolute Gasteiger partial charge is 1.00 e. The predicted molar refractivity (Wildman–Crippen MR) is 159 cm³/mol. The zero-order chi connectivity index (χ0) is 26.1. The van der Waals surface area contributed by atoms with Gasteiger partial charge in [-0.05, 0) is 38.5 Å². The van der Waals surface area contributed by atoms with Gasteiger partial charge in [-0.25, -0.2) is 0 Å². The number of halogens is 5. The topological polar surface area (TPSA) is 73.8 Å². The van der Waals surface area contributed by atoms with Crippen LogP contribution in [0.2, 0.25) is 0 Å². The van der Waals surface area contributed by atoms with Crippen LogP contribution >= 0.6 is 68.4 Å². The van der Waals surface area contributed by atoms with Crippen LogP contribution in [0.3, 0.4) is 0 Å². The van der Waals surface area contributed by atoms with Crippen LogP contribution in [0.1, 0.15) is 38.5 Å². The number of ether oxygens (including phenoxy) is 8. The summed E-state index contributed by atoms with van der Waals surface area (Å²) in [6, 6.07) is 0. The molecule has 8 nitrogen and oxygen atoms in total. The quantitative estimate of drug-likeness (QED) is 0.0683. The van der Waals surface area contributed by atoms with E-state index in [-0.39, 0.29) is 78.3 Å². The molecule has 2 saturated heterocycles. The average molecular weight is 935 g/mol. The van der Waals surface area contributed by atoms with Gasteiger partial charge in [-0.3, -0.25) is 0 Å². The van der Waals surface area contributed by atoms with Gasteiger partial charge in [0.2, 0.25) is 0 Å². The first-order valence-corrected chi connectivity index (χ1v) is 16.9. The summed E-state index contributed by atoms with van der Waals surface area (Å²) in [5, 5.41) is 0. The largest absolute Gasteiger partial charge is 1.00 e. The van der Waals surface area contributed by atoms with Crippen LogP contribution < -0.4 is 53.5 Å². The second kappa shape index (κ2) is 33.3. The fourth-order valence-electron chi connectivity index (χ4n) is 3.40. The van der Waals surface area contributed by atoms with Gasteiger partial charge < -0.3 is 61.9 Å². The summed E-state index contributed by atoms with van der Waals surface area (Å²) < 4.78 is 46.7. The van der Waals surface area contributed by atoms with E-state index in [4.69, 9.17) is 61.1 Å². The van der Waals surface area contributed by atoms with E-state index in [2.05, 4.69) is 45.2 Å². The molecule has 2 heterocycles. The molecule has 0 aromatic rings. The van der Waals surface area contributed by atoms with E-state index < -0.39 is 0 Å². The molecule has 2 rings (SSSR count). The minimum Gasteiger partial charge on any atom is -1.00 e. The molecule has 0 N–H and O–H groups in total. The Balaban J connectivity index is 0. The van der Waals surface area contributed by atoms with Crippen molar-refractivity contribution in [2.45, 2.75) is 63.3 Å². The zero-order valence-corrected chi connectivity index (χ0v) is 32.6. The van der Waals surface area contributed by atoms with Crippen LogP contribution in [0.5, 0.6) is 0 Å². The maximum absolute atomic E-state index is 5.91. The van der Waals surface area contributed by atoms with Crippen molar-refractivity contribution in [3.8, 4) is 0 Å². The first-order valence-electron chi connectivity index (χ1n) is 12.8. The summed E-state index contributed by atoms with van der Waals surface area (Å²) >= 11 is 15.7. The standard InChI is InChI=1S/C12H22Cl2O4.C12H22I2O4.HI.Na/c2*13-4-7-15-9-11(10-16-8-5-14)18-12-3-1-2-6-17-12;;/h2*11-12H,1-10H2;1H;/q;;;+1/p-1. The minimum absolute atomic E-state index is 0. The third-order valence-electron chi connectivity index (χ3n) is 5.07. The Labute approximate surface area is 306 Å². The second-order valence-electron chi connectivity index (χ2n) is 8.16. The summed E-state index contributed by atoms with van der Waals surface area (Å²) in [6.45, 7) is 6.24. The Hall–Kier alpha value is 3.45. The molecular formula is C24H44Cl2I3NaO8. The van der Waals surface area contributed by atoms with Crippen molar-refractivity contribution >= 4 is 68.4 Å². The molecular weight excluding hydrogens is 891 g/mol. The Bertz CT molecular complexity index is 412. The monoisotopic (exact) mass is 934 g/mol. The van der Waals surface area contributed by atoms with E-state index in [1.807, 2.05) is 0 Å². The molecule has 0 amide bonds. The molecule has 14 heteroatoms. The molecule has 0 radical (unpaired) electrons. The zero-order valence-electron chi connectivity index (χ0n) is 22.6. The summed E-state index contributed by atoms with van der Waals surface area (Å²) in [7, 11) is 0. The van der Waals surface area contributed by atoms with Crippen LogP contribution in [-0.4, -0.2) is 111 Å². The van der Waals surface area contributed by atoms with Gasteiger partial charge in [0.25, 0.3) is 0 Å². The second-order valence-corrected chi connectivity index (χ2v) is 11.1. The van der Waals surface area contributed by atoms with Crippen molar-refractivity contribution < 1.29 is 91.4 Å². The van der Waals surface area contributed by atoms with Crippen molar-refractivity contribution in [1.82, 2.24) is 0 Å². The fourth-order valence-corrected chi connectivity index (χ4v) is 4.24. The SMILES string of the molecule is ClCCOCC(COCCCl)OC1CCCCO1.ICCOCC(COCCI)OC1CCCCO1.[I-].[Na+]. The normalized spacial score (nSPS) is 19.4. The Morgan fingerprint density at radius 2 is 1.00 bits per heavy atom. The average Bonchev–Trinajstić information content (AvgIpc) is 2.90. The molecule has 0 bridgehead atoms. The summed E-state index contributed by atoms with van der Waals surface area (Å²) in [6.07, 6.45) is 6.13. The van der Waals surface area contributed by atoms with Crippen molar-refractivity contribution in [2.75, 3.05) is 86.7 Å². The molecule has 2 unspecified atom stereocenters. The maximum Gasteiger partial charge on any atom is 1.00 e. The minimum atomic E-state index is -0.136. The molecule has 224 valence electrons.